The van der Waals surface area contributed by atoms with E-state index in [9.17, 15) is 14.7 Å². The van der Waals surface area contributed by atoms with Crippen molar-refractivity contribution in [2.75, 3.05) is 13.9 Å². The van der Waals surface area contributed by atoms with Gasteiger partial charge in [0.05, 0.1) is 18.6 Å². The maximum absolute atomic E-state index is 11.7. The van der Waals surface area contributed by atoms with Crippen LogP contribution >= 0.6 is 0 Å². The second-order valence-electron chi connectivity index (χ2n) is 4.72. The van der Waals surface area contributed by atoms with E-state index in [1.807, 2.05) is 0 Å². The maximum Gasteiger partial charge on any atom is 0.257 e. The summed E-state index contributed by atoms with van der Waals surface area (Å²) in [6.45, 7) is 1.90. The maximum atomic E-state index is 11.7. The second-order valence-corrected chi connectivity index (χ2v) is 4.72. The van der Waals surface area contributed by atoms with Gasteiger partial charge in [0.2, 0.25) is 5.91 Å². The van der Waals surface area contributed by atoms with Crippen molar-refractivity contribution >= 4 is 11.8 Å². The molecule has 0 unspecified atom stereocenters. The van der Waals surface area contributed by atoms with Gasteiger partial charge in [-0.2, -0.15) is 0 Å². The second kappa shape index (κ2) is 9.23. The standard InChI is InChI=1S/C15H21NO5/c1-11(21-10-20-2)8-13(17)9-14(18)16-15(19)12-6-4-3-5-7-12/h3-7,11,13,17H,8-10H2,1-2H3,(H,16,18,19)/t11-,13+/m1/s1. The number of hydrogen-bond acceptors (Lipinski definition) is 5. The lowest BCUT2D eigenvalue weighted by atomic mass is 10.1. The van der Waals surface area contributed by atoms with Crippen LogP contribution in [0.3, 0.4) is 0 Å². The molecular weight excluding hydrogens is 274 g/mol. The summed E-state index contributed by atoms with van der Waals surface area (Å²) in [6, 6.07) is 8.43. The van der Waals surface area contributed by atoms with Crippen LogP contribution in [-0.2, 0) is 14.3 Å². The number of imide groups is 1. The minimum absolute atomic E-state index is 0.132. The first-order chi connectivity index (χ1) is 10.0. The van der Waals surface area contributed by atoms with Gasteiger partial charge in [-0.15, -0.1) is 0 Å². The van der Waals surface area contributed by atoms with E-state index in [4.69, 9.17) is 9.47 Å². The molecule has 1 aromatic rings. The molecule has 0 aliphatic heterocycles. The summed E-state index contributed by atoms with van der Waals surface area (Å²) >= 11 is 0. The molecule has 1 rings (SSSR count). The molecule has 0 radical (unpaired) electrons. The first-order valence-corrected chi connectivity index (χ1v) is 6.70. The van der Waals surface area contributed by atoms with Crippen molar-refractivity contribution in [3.63, 3.8) is 0 Å². The number of nitrogens with one attached hydrogen (secondary N) is 1. The highest BCUT2D eigenvalue weighted by Gasteiger charge is 2.17. The summed E-state index contributed by atoms with van der Waals surface area (Å²) in [5.74, 6) is -0.994. The van der Waals surface area contributed by atoms with E-state index >= 15 is 0 Å². The van der Waals surface area contributed by atoms with Crippen LogP contribution in [0.5, 0.6) is 0 Å². The lowest BCUT2D eigenvalue weighted by molar-refractivity contribution is -0.123. The number of carbonyl (C=O) groups excluding carboxylic acids is 2. The Balaban J connectivity index is 2.34. The van der Waals surface area contributed by atoms with Crippen LogP contribution < -0.4 is 5.32 Å². The van der Waals surface area contributed by atoms with Gasteiger partial charge in [-0.05, 0) is 25.5 Å². The molecule has 2 atom stereocenters. The SMILES string of the molecule is COCO[C@H](C)C[C@H](O)CC(=O)NC(=O)c1ccccc1. The molecule has 0 saturated heterocycles. The molecule has 0 spiro atoms. The number of amides is 2. The highest BCUT2D eigenvalue weighted by molar-refractivity contribution is 6.04. The normalized spacial score (nSPS) is 13.5. The van der Waals surface area contributed by atoms with Crippen LogP contribution in [0.2, 0.25) is 0 Å². The first-order valence-electron chi connectivity index (χ1n) is 6.70. The number of carbonyl (C=O) groups is 2. The topological polar surface area (TPSA) is 84.9 Å². The van der Waals surface area contributed by atoms with E-state index in [0.717, 1.165) is 0 Å². The number of rotatable bonds is 8. The van der Waals surface area contributed by atoms with Gasteiger partial charge in [0.15, 0.2) is 0 Å². The summed E-state index contributed by atoms with van der Waals surface area (Å²) in [6.07, 6.45) is -0.978. The van der Waals surface area contributed by atoms with Crippen LogP contribution in [0.15, 0.2) is 30.3 Å². The zero-order chi connectivity index (χ0) is 15.7. The molecule has 1 aromatic carbocycles. The fourth-order valence-electron chi connectivity index (χ4n) is 1.77. The lowest BCUT2D eigenvalue weighted by Gasteiger charge is -2.16. The van der Waals surface area contributed by atoms with Gasteiger partial charge in [-0.1, -0.05) is 18.2 Å². The highest BCUT2D eigenvalue weighted by atomic mass is 16.7. The van der Waals surface area contributed by atoms with Crippen molar-refractivity contribution in [2.45, 2.75) is 32.0 Å². The van der Waals surface area contributed by atoms with Crippen molar-refractivity contribution < 1.29 is 24.2 Å². The number of aliphatic hydroxyl groups excluding tert-OH is 1. The Morgan fingerprint density at radius 2 is 1.95 bits per heavy atom. The monoisotopic (exact) mass is 295 g/mol. The molecule has 0 aliphatic rings. The molecule has 0 aromatic heterocycles. The van der Waals surface area contributed by atoms with E-state index < -0.39 is 17.9 Å². The largest absolute Gasteiger partial charge is 0.392 e. The highest BCUT2D eigenvalue weighted by Crippen LogP contribution is 2.06. The van der Waals surface area contributed by atoms with Crippen molar-refractivity contribution in [1.29, 1.82) is 0 Å². The molecular formula is C15H21NO5. The number of benzene rings is 1. The third-order valence-electron chi connectivity index (χ3n) is 2.78. The summed E-state index contributed by atoms with van der Waals surface area (Å²) in [5.41, 5.74) is 0.400. The van der Waals surface area contributed by atoms with Crippen LogP contribution in [0.4, 0.5) is 0 Å². The quantitative estimate of drug-likeness (QED) is 0.701. The van der Waals surface area contributed by atoms with E-state index in [-0.39, 0.29) is 25.7 Å². The zero-order valence-corrected chi connectivity index (χ0v) is 12.2. The van der Waals surface area contributed by atoms with Gasteiger partial charge in [-0.25, -0.2) is 0 Å². The van der Waals surface area contributed by atoms with Gasteiger partial charge in [-0.3, -0.25) is 14.9 Å². The van der Waals surface area contributed by atoms with Crippen LogP contribution in [0.1, 0.15) is 30.1 Å². The minimum Gasteiger partial charge on any atom is -0.392 e. The Bertz CT molecular complexity index is 449. The predicted octanol–water partition coefficient (Wildman–Crippen LogP) is 1.09. The molecule has 0 fully saturated rings. The molecule has 6 heteroatoms. The van der Waals surface area contributed by atoms with Gasteiger partial charge >= 0.3 is 0 Å². The van der Waals surface area contributed by atoms with Crippen molar-refractivity contribution in [1.82, 2.24) is 5.32 Å². The smallest absolute Gasteiger partial charge is 0.257 e. The fourth-order valence-corrected chi connectivity index (χ4v) is 1.77. The molecule has 21 heavy (non-hydrogen) atoms. The van der Waals surface area contributed by atoms with Crippen LogP contribution in [0, 0.1) is 0 Å². The molecule has 2 amide bonds. The molecule has 0 saturated carbocycles. The average Bonchev–Trinajstić information content (AvgIpc) is 2.45. The molecule has 0 heterocycles. The third kappa shape index (κ3) is 6.99. The Labute approximate surface area is 124 Å². The molecule has 6 nitrogen and oxygen atoms in total. The van der Waals surface area contributed by atoms with Gasteiger partial charge in [0.1, 0.15) is 6.79 Å². The van der Waals surface area contributed by atoms with E-state index in [1.54, 1.807) is 37.3 Å². The van der Waals surface area contributed by atoms with Crippen molar-refractivity contribution in [2.24, 2.45) is 0 Å². The van der Waals surface area contributed by atoms with E-state index in [0.29, 0.717) is 5.56 Å². The molecule has 116 valence electrons. The van der Waals surface area contributed by atoms with Gasteiger partial charge in [0, 0.05) is 12.7 Å². The molecule has 2 N–H and O–H groups in total. The Morgan fingerprint density at radius 3 is 2.57 bits per heavy atom. The molecule has 0 bridgehead atoms. The number of methoxy groups -OCH3 is 1. The summed E-state index contributed by atoms with van der Waals surface area (Å²) in [5, 5.41) is 12.0. The third-order valence-corrected chi connectivity index (χ3v) is 2.78. The Kier molecular flexibility index (Phi) is 7.60. The summed E-state index contributed by atoms with van der Waals surface area (Å²) in [4.78, 5) is 23.4. The predicted molar refractivity (Wildman–Crippen MR) is 76.6 cm³/mol. The summed E-state index contributed by atoms with van der Waals surface area (Å²) in [7, 11) is 1.51. The van der Waals surface area contributed by atoms with Gasteiger partial charge < -0.3 is 14.6 Å². The van der Waals surface area contributed by atoms with Crippen molar-refractivity contribution in [3.05, 3.63) is 35.9 Å². The van der Waals surface area contributed by atoms with Crippen LogP contribution in [-0.4, -0.2) is 43.0 Å². The minimum atomic E-state index is -0.875. The Morgan fingerprint density at radius 1 is 1.29 bits per heavy atom. The molecule has 0 aliphatic carbocycles. The van der Waals surface area contributed by atoms with Crippen molar-refractivity contribution in [3.8, 4) is 0 Å². The van der Waals surface area contributed by atoms with E-state index in [2.05, 4.69) is 5.32 Å². The first kappa shape index (κ1) is 17.3. The fraction of sp³-hybridized carbons (Fsp3) is 0.467. The Hall–Kier alpha value is -1.76. The summed E-state index contributed by atoms with van der Waals surface area (Å²) < 4.78 is 9.96. The zero-order valence-electron chi connectivity index (χ0n) is 12.2. The lowest BCUT2D eigenvalue weighted by Crippen LogP contribution is -2.33. The van der Waals surface area contributed by atoms with Gasteiger partial charge in [0.25, 0.3) is 5.91 Å². The van der Waals surface area contributed by atoms with E-state index in [1.165, 1.54) is 7.11 Å². The number of hydrogen-bond donors (Lipinski definition) is 2. The number of aliphatic hydroxyl groups is 1. The number of ether oxygens (including phenoxy) is 2. The van der Waals surface area contributed by atoms with Crippen LogP contribution in [0.25, 0.3) is 0 Å². The average molecular weight is 295 g/mol.